The van der Waals surface area contributed by atoms with E-state index in [1.807, 2.05) is 37.4 Å². The maximum absolute atomic E-state index is 12.1. The van der Waals surface area contributed by atoms with Gasteiger partial charge in [-0.2, -0.15) is 5.26 Å². The van der Waals surface area contributed by atoms with Gasteiger partial charge in [0, 0.05) is 19.4 Å². The lowest BCUT2D eigenvalue weighted by atomic mass is 9.73. The molecule has 0 aromatic heterocycles. The molecule has 2 aromatic rings. The van der Waals surface area contributed by atoms with Gasteiger partial charge in [0.05, 0.1) is 38.4 Å². The molecule has 0 aliphatic rings. The molecule has 314 valence electrons. The smallest absolute Gasteiger partial charge is 0.298 e. The number of carbonyl (C=O) groups is 1. The summed E-state index contributed by atoms with van der Waals surface area (Å²) in [6.07, 6.45) is 15.0. The van der Waals surface area contributed by atoms with Crippen LogP contribution in [0, 0.1) is 27.4 Å². The number of likely N-dealkylation sites (N-methyl/N-ethyl adjacent to an activating group) is 1. The topological polar surface area (TPSA) is 145 Å². The fourth-order valence-electron chi connectivity index (χ4n) is 7.75. The van der Waals surface area contributed by atoms with Crippen LogP contribution in [0.5, 0.6) is 23.0 Å². The lowest BCUT2D eigenvalue weighted by Gasteiger charge is -2.47. The summed E-state index contributed by atoms with van der Waals surface area (Å²) >= 11 is 0. The Morgan fingerprint density at radius 3 is 1.93 bits per heavy atom. The first-order valence-corrected chi connectivity index (χ1v) is 20.4. The van der Waals surface area contributed by atoms with Crippen molar-refractivity contribution in [1.82, 2.24) is 10.2 Å². The van der Waals surface area contributed by atoms with Gasteiger partial charge in [-0.05, 0) is 82.4 Å². The second kappa shape index (κ2) is 23.7. The molecule has 0 fully saturated rings. The van der Waals surface area contributed by atoms with Crippen molar-refractivity contribution >= 4 is 5.91 Å². The van der Waals surface area contributed by atoms with Gasteiger partial charge in [-0.3, -0.25) is 9.63 Å². The monoisotopic (exact) mass is 783 g/mol. The third-order valence-corrected chi connectivity index (χ3v) is 10.9. The highest BCUT2D eigenvalue weighted by Crippen LogP contribution is 2.45. The van der Waals surface area contributed by atoms with Crippen LogP contribution in [-0.4, -0.2) is 68.7 Å². The highest BCUT2D eigenvalue weighted by Gasteiger charge is 2.55. The molecule has 56 heavy (non-hydrogen) atoms. The molecular weight excluding hydrogens is 713 g/mol. The number of amides is 1. The molecule has 0 aliphatic carbocycles. The number of unbranched alkanes of at least 4 members (excludes halogenated alkanes) is 9. The first-order valence-electron chi connectivity index (χ1n) is 20.4. The molecule has 2 atom stereocenters. The van der Waals surface area contributed by atoms with E-state index < -0.39 is 27.7 Å². The molecule has 0 radical (unpaired) electrons. The van der Waals surface area contributed by atoms with E-state index in [2.05, 4.69) is 23.2 Å². The Hall–Kier alpha value is -4.24. The largest absolute Gasteiger partial charge is 0.493 e. The van der Waals surface area contributed by atoms with Crippen LogP contribution < -0.4 is 24.3 Å². The zero-order valence-corrected chi connectivity index (χ0v) is 36.0. The number of nitrogens with zero attached hydrogens (tertiary/aromatic N) is 3. The summed E-state index contributed by atoms with van der Waals surface area (Å²) in [5, 5.41) is 24.6. The molecule has 0 saturated heterocycles. The van der Waals surface area contributed by atoms with Crippen molar-refractivity contribution in [2.75, 3.05) is 41.5 Å². The number of nitriles is 1. The number of methoxy groups -OCH3 is 3. The second-order valence-electron chi connectivity index (χ2n) is 15.8. The van der Waals surface area contributed by atoms with E-state index >= 15 is 0 Å². The van der Waals surface area contributed by atoms with Crippen LogP contribution in [0.1, 0.15) is 136 Å². The number of nitrogens with one attached hydrogen (secondary N) is 1. The normalized spacial score (nSPS) is 13.7. The molecule has 2 aromatic carbocycles. The number of rotatable bonds is 29. The van der Waals surface area contributed by atoms with Crippen LogP contribution >= 0.6 is 0 Å². The van der Waals surface area contributed by atoms with Gasteiger partial charge < -0.3 is 29.2 Å². The molecule has 0 heterocycles. The number of benzene rings is 2. The molecule has 0 aliphatic heterocycles. The Morgan fingerprint density at radius 2 is 1.43 bits per heavy atom. The lowest BCUT2D eigenvalue weighted by Crippen LogP contribution is -2.68. The van der Waals surface area contributed by atoms with E-state index in [0.29, 0.717) is 42.4 Å². The summed E-state index contributed by atoms with van der Waals surface area (Å²) in [5.41, 5.74) is -0.290. The number of carbonyl (C=O) groups excluding carboxylic acids is 1. The third kappa shape index (κ3) is 13.7. The van der Waals surface area contributed by atoms with Crippen molar-refractivity contribution < 1.29 is 33.7 Å². The standard InChI is InChI=1S/C44H70N4O8/c1-11-12-13-14-15-16-17-18-19-22-27-43(33-45,37-31-39(52-8)41(54-10)40(32-37)53-9)28-23-29-47(7)30-26-36-24-20-21-25-38(36)55-44(34(2)3,56-48(50)51)42(5,6)46-35(4)49/h20-21,24-25,31-32,34H,11-19,22-23,26-30H2,1-10H3,(H,46,49). The average Bonchev–Trinajstić information content (AvgIpc) is 3.15. The molecule has 1 amide bonds. The Labute approximate surface area is 336 Å². The molecule has 0 spiro atoms. The molecule has 1 N–H and O–H groups in total. The summed E-state index contributed by atoms with van der Waals surface area (Å²) in [7, 11) is 6.82. The summed E-state index contributed by atoms with van der Waals surface area (Å²) in [4.78, 5) is 31.5. The highest BCUT2D eigenvalue weighted by atomic mass is 17.0. The Balaban J connectivity index is 2.23. The van der Waals surface area contributed by atoms with Gasteiger partial charge in [0.15, 0.2) is 11.5 Å². The van der Waals surface area contributed by atoms with Crippen molar-refractivity contribution in [1.29, 1.82) is 5.26 Å². The minimum atomic E-state index is -1.81. The quantitative estimate of drug-likeness (QED) is 0.0366. The zero-order valence-electron chi connectivity index (χ0n) is 36.0. The average molecular weight is 783 g/mol. The van der Waals surface area contributed by atoms with Crippen molar-refractivity contribution in [3.8, 4) is 29.1 Å². The molecule has 12 nitrogen and oxygen atoms in total. The third-order valence-electron chi connectivity index (χ3n) is 10.9. The van der Waals surface area contributed by atoms with Crippen LogP contribution in [0.4, 0.5) is 0 Å². The van der Waals surface area contributed by atoms with Crippen LogP contribution in [-0.2, 0) is 21.5 Å². The van der Waals surface area contributed by atoms with Gasteiger partial charge in [0.1, 0.15) is 5.75 Å². The van der Waals surface area contributed by atoms with Gasteiger partial charge in [0.2, 0.25) is 11.7 Å². The van der Waals surface area contributed by atoms with Crippen molar-refractivity contribution in [3.05, 3.63) is 57.6 Å². The number of para-hydroxylation sites is 1. The molecular formula is C44H70N4O8. The fourth-order valence-corrected chi connectivity index (χ4v) is 7.75. The van der Waals surface area contributed by atoms with E-state index in [9.17, 15) is 20.2 Å². The van der Waals surface area contributed by atoms with Crippen molar-refractivity contribution in [3.63, 3.8) is 0 Å². The molecule has 0 bridgehead atoms. The van der Waals surface area contributed by atoms with E-state index in [-0.39, 0.29) is 5.91 Å². The predicted molar refractivity (Wildman–Crippen MR) is 221 cm³/mol. The minimum Gasteiger partial charge on any atom is -0.493 e. The number of ether oxygens (including phenoxy) is 4. The van der Waals surface area contributed by atoms with E-state index in [1.165, 1.54) is 58.3 Å². The Morgan fingerprint density at radius 1 is 0.875 bits per heavy atom. The fraction of sp³-hybridized carbons (Fsp3) is 0.682. The van der Waals surface area contributed by atoms with Crippen molar-refractivity contribution in [2.45, 2.75) is 148 Å². The first-order chi connectivity index (χ1) is 26.6. The van der Waals surface area contributed by atoms with Crippen LogP contribution in [0.3, 0.4) is 0 Å². The number of hydrogen-bond donors (Lipinski definition) is 1. The van der Waals surface area contributed by atoms with Crippen LogP contribution in [0.15, 0.2) is 36.4 Å². The van der Waals surface area contributed by atoms with Crippen LogP contribution in [0.2, 0.25) is 0 Å². The van der Waals surface area contributed by atoms with E-state index in [4.69, 9.17) is 23.8 Å². The first kappa shape index (κ1) is 47.9. The maximum Gasteiger partial charge on any atom is 0.298 e. The van der Waals surface area contributed by atoms with E-state index in [0.717, 1.165) is 43.4 Å². The second-order valence-corrected chi connectivity index (χ2v) is 15.8. The zero-order chi connectivity index (χ0) is 41.8. The molecule has 2 rings (SSSR count). The summed E-state index contributed by atoms with van der Waals surface area (Å²) in [6, 6.07) is 14.0. The summed E-state index contributed by atoms with van der Waals surface area (Å²) < 4.78 is 23.5. The summed E-state index contributed by atoms with van der Waals surface area (Å²) in [6.45, 7) is 11.8. The van der Waals surface area contributed by atoms with Gasteiger partial charge in [-0.15, -0.1) is 10.1 Å². The molecule has 0 saturated carbocycles. The highest BCUT2D eigenvalue weighted by molar-refractivity contribution is 5.74. The number of hydrogen-bond acceptors (Lipinski definition) is 10. The van der Waals surface area contributed by atoms with Gasteiger partial charge >= 0.3 is 0 Å². The van der Waals surface area contributed by atoms with Gasteiger partial charge in [-0.25, -0.2) is 0 Å². The van der Waals surface area contributed by atoms with E-state index in [1.54, 1.807) is 55.1 Å². The SMILES string of the molecule is CCCCCCCCCCCCC(C#N)(CCCN(C)CCc1ccccc1OC(O[N+](=O)[O-])(C(C)C)C(C)(C)NC(C)=O)c1cc(OC)c(OC)c(OC)c1. The Bertz CT molecular complexity index is 1520. The summed E-state index contributed by atoms with van der Waals surface area (Å²) in [5.74, 6) is -0.677. The predicted octanol–water partition coefficient (Wildman–Crippen LogP) is 9.59. The molecule has 12 heteroatoms. The van der Waals surface area contributed by atoms with Crippen molar-refractivity contribution in [2.24, 2.45) is 5.92 Å². The maximum atomic E-state index is 12.1. The van der Waals surface area contributed by atoms with Gasteiger partial charge in [0.25, 0.3) is 10.9 Å². The minimum absolute atomic E-state index is 0.361. The lowest BCUT2D eigenvalue weighted by molar-refractivity contribution is -0.799. The van der Waals surface area contributed by atoms with Gasteiger partial charge in [-0.1, -0.05) is 103 Å². The molecule has 2 unspecified atom stereocenters. The Kier molecular flexibility index (Phi) is 20.3. The van der Waals surface area contributed by atoms with Crippen LogP contribution in [0.25, 0.3) is 0 Å².